The summed E-state index contributed by atoms with van der Waals surface area (Å²) in [4.78, 5) is 45.1. The van der Waals surface area contributed by atoms with Crippen LogP contribution in [-0.4, -0.2) is 76.1 Å². The van der Waals surface area contributed by atoms with Crippen LogP contribution >= 0.6 is 15.9 Å². The number of H-pyrrole nitrogens is 1. The van der Waals surface area contributed by atoms with Crippen LogP contribution in [0, 0.1) is 0 Å². The topological polar surface area (TPSA) is 89.6 Å². The van der Waals surface area contributed by atoms with Gasteiger partial charge in [-0.3, -0.25) is 19.5 Å². The summed E-state index contributed by atoms with van der Waals surface area (Å²) in [5.74, 6) is -0.862. The molecule has 1 aromatic heterocycles. The number of rotatable bonds is 4. The van der Waals surface area contributed by atoms with Gasteiger partial charge in [-0.2, -0.15) is 18.3 Å². The third-order valence-electron chi connectivity index (χ3n) is 8.46. The molecule has 4 heterocycles. The zero-order valence-corrected chi connectivity index (χ0v) is 23.1. The predicted molar refractivity (Wildman–Crippen MR) is 145 cm³/mol. The molecule has 40 heavy (non-hydrogen) atoms. The molecule has 0 bridgehead atoms. The van der Waals surface area contributed by atoms with Crippen LogP contribution in [0.2, 0.25) is 0 Å². The lowest BCUT2D eigenvalue weighted by atomic mass is 9.73. The number of aromatic amines is 1. The number of anilines is 1. The van der Waals surface area contributed by atoms with Gasteiger partial charge in [0.2, 0.25) is 11.8 Å². The van der Waals surface area contributed by atoms with Crippen molar-refractivity contribution in [2.24, 2.45) is 0 Å². The maximum atomic E-state index is 14.1. The summed E-state index contributed by atoms with van der Waals surface area (Å²) in [6.07, 6.45) is -2.22. The molecule has 2 fully saturated rings. The van der Waals surface area contributed by atoms with Crippen molar-refractivity contribution < 1.29 is 27.6 Å². The maximum absolute atomic E-state index is 14.1. The Morgan fingerprint density at radius 1 is 1.12 bits per heavy atom. The first-order valence-corrected chi connectivity index (χ1v) is 14.1. The van der Waals surface area contributed by atoms with Crippen molar-refractivity contribution in [2.75, 3.05) is 31.1 Å². The van der Waals surface area contributed by atoms with E-state index in [1.165, 1.54) is 9.80 Å². The molecule has 0 aliphatic carbocycles. The molecule has 210 valence electrons. The van der Waals surface area contributed by atoms with Crippen LogP contribution in [0.15, 0.2) is 47.1 Å². The fraction of sp³-hybridized carbons (Fsp3) is 0.429. The van der Waals surface area contributed by atoms with E-state index in [2.05, 4.69) is 26.1 Å². The van der Waals surface area contributed by atoms with E-state index in [1.807, 2.05) is 12.1 Å². The third kappa shape index (κ3) is 4.55. The number of hydrogen-bond donors (Lipinski definition) is 1. The molecule has 2 saturated heterocycles. The molecule has 12 heteroatoms. The van der Waals surface area contributed by atoms with Crippen LogP contribution in [0.1, 0.15) is 48.0 Å². The number of nitrogens with zero attached hydrogens (tertiary/aromatic N) is 4. The fourth-order valence-corrected chi connectivity index (χ4v) is 7.26. The SMILES string of the molecule is O=C(c1ccc2[nH]ncc2c1)N1CCC2(CC1)C(=O)N(CC(=O)N1CCCC1CC(F)(F)F)c1cccc(Br)c12. The minimum atomic E-state index is -4.37. The molecule has 1 spiro atoms. The highest BCUT2D eigenvalue weighted by atomic mass is 79.9. The van der Waals surface area contributed by atoms with E-state index in [4.69, 9.17) is 0 Å². The Kier molecular flexibility index (Phi) is 6.63. The smallest absolute Gasteiger partial charge is 0.339 e. The minimum absolute atomic E-state index is 0.132. The number of aromatic nitrogens is 2. The van der Waals surface area contributed by atoms with Crippen molar-refractivity contribution in [1.29, 1.82) is 0 Å². The molecular weight excluding hydrogens is 591 g/mol. The summed E-state index contributed by atoms with van der Waals surface area (Å²) < 4.78 is 40.0. The van der Waals surface area contributed by atoms with E-state index in [0.29, 0.717) is 50.0 Å². The third-order valence-corrected chi connectivity index (χ3v) is 9.13. The second-order valence-corrected chi connectivity index (χ2v) is 11.6. The Morgan fingerprint density at radius 2 is 1.90 bits per heavy atom. The quantitative estimate of drug-likeness (QED) is 0.456. The number of piperidine rings is 1. The van der Waals surface area contributed by atoms with E-state index in [1.54, 1.807) is 35.4 Å². The Morgan fingerprint density at radius 3 is 2.65 bits per heavy atom. The maximum Gasteiger partial charge on any atom is 0.391 e. The van der Waals surface area contributed by atoms with Gasteiger partial charge in [-0.1, -0.05) is 22.0 Å². The number of carbonyl (C=O) groups excluding carboxylic acids is 3. The van der Waals surface area contributed by atoms with Crippen LogP contribution in [-0.2, 0) is 15.0 Å². The number of likely N-dealkylation sites (tertiary alicyclic amines) is 2. The zero-order chi connectivity index (χ0) is 28.2. The summed E-state index contributed by atoms with van der Waals surface area (Å²) in [6, 6.07) is 9.83. The zero-order valence-electron chi connectivity index (χ0n) is 21.5. The summed E-state index contributed by atoms with van der Waals surface area (Å²) in [5, 5.41) is 7.70. The van der Waals surface area contributed by atoms with Crippen molar-refractivity contribution in [1.82, 2.24) is 20.0 Å². The first kappa shape index (κ1) is 26.8. The number of benzene rings is 2. The normalized spacial score (nSPS) is 20.6. The Labute approximate surface area is 236 Å². The van der Waals surface area contributed by atoms with Crippen LogP contribution in [0.5, 0.6) is 0 Å². The highest BCUT2D eigenvalue weighted by molar-refractivity contribution is 9.10. The van der Waals surface area contributed by atoms with Gasteiger partial charge in [0.05, 0.1) is 23.5 Å². The van der Waals surface area contributed by atoms with Gasteiger partial charge in [0.1, 0.15) is 6.54 Å². The standard InChI is InChI=1S/C28H27BrF3N5O3/c29-20-4-1-5-22-24(20)27(26(40)37(22)16-23(38)36-10-2-3-19(36)14-28(30,31)32)8-11-35(12-9-27)25(39)17-6-7-21-18(13-17)15-33-34-21/h1,4-7,13,15,19H,2-3,8-12,14,16H2,(H,33,34). The lowest BCUT2D eigenvalue weighted by molar-refractivity contribution is -0.151. The monoisotopic (exact) mass is 617 g/mol. The van der Waals surface area contributed by atoms with Gasteiger partial charge < -0.3 is 14.7 Å². The van der Waals surface area contributed by atoms with Gasteiger partial charge in [-0.05, 0) is 56.0 Å². The van der Waals surface area contributed by atoms with E-state index in [0.717, 1.165) is 20.9 Å². The lowest BCUT2D eigenvalue weighted by Crippen LogP contribution is -2.52. The number of hydrogen-bond acceptors (Lipinski definition) is 4. The van der Waals surface area contributed by atoms with E-state index < -0.39 is 30.0 Å². The van der Waals surface area contributed by atoms with Crippen LogP contribution in [0.3, 0.4) is 0 Å². The molecule has 1 atom stereocenters. The average Bonchev–Trinajstić information content (AvgIpc) is 3.63. The molecule has 3 aromatic rings. The first-order chi connectivity index (χ1) is 19.1. The molecule has 1 unspecified atom stereocenters. The summed E-state index contributed by atoms with van der Waals surface area (Å²) in [5.41, 5.74) is 1.80. The average molecular weight is 618 g/mol. The van der Waals surface area contributed by atoms with Gasteiger partial charge >= 0.3 is 6.18 Å². The van der Waals surface area contributed by atoms with Crippen molar-refractivity contribution in [3.63, 3.8) is 0 Å². The minimum Gasteiger partial charge on any atom is -0.339 e. The fourth-order valence-electron chi connectivity index (χ4n) is 6.53. The number of fused-ring (bicyclic) bond motifs is 3. The van der Waals surface area contributed by atoms with Crippen molar-refractivity contribution in [3.05, 3.63) is 58.2 Å². The van der Waals surface area contributed by atoms with Gasteiger partial charge in [0.25, 0.3) is 5.91 Å². The van der Waals surface area contributed by atoms with Gasteiger partial charge in [0, 0.05) is 52.3 Å². The molecule has 2 aromatic carbocycles. The van der Waals surface area contributed by atoms with E-state index in [-0.39, 0.29) is 24.9 Å². The predicted octanol–water partition coefficient (Wildman–Crippen LogP) is 4.79. The first-order valence-electron chi connectivity index (χ1n) is 13.3. The van der Waals surface area contributed by atoms with Crippen LogP contribution < -0.4 is 4.90 Å². The highest BCUT2D eigenvalue weighted by Gasteiger charge is 2.54. The number of carbonyl (C=O) groups is 3. The number of halogens is 4. The molecule has 0 radical (unpaired) electrons. The molecule has 3 aliphatic heterocycles. The highest BCUT2D eigenvalue weighted by Crippen LogP contribution is 2.51. The Bertz CT molecular complexity index is 1500. The number of nitrogens with one attached hydrogen (secondary N) is 1. The van der Waals surface area contributed by atoms with Crippen molar-refractivity contribution >= 4 is 50.2 Å². The molecule has 0 saturated carbocycles. The summed E-state index contributed by atoms with van der Waals surface area (Å²) in [6.45, 7) is 0.623. The van der Waals surface area contributed by atoms with Gasteiger partial charge in [-0.25, -0.2) is 0 Å². The number of amides is 3. The molecule has 3 aliphatic rings. The number of alkyl halides is 3. The van der Waals surface area contributed by atoms with Crippen LogP contribution in [0.4, 0.5) is 18.9 Å². The van der Waals surface area contributed by atoms with E-state index in [9.17, 15) is 27.6 Å². The second kappa shape index (κ2) is 9.90. The van der Waals surface area contributed by atoms with Crippen molar-refractivity contribution in [3.8, 4) is 0 Å². The molecular formula is C28H27BrF3N5O3. The molecule has 1 N–H and O–H groups in total. The van der Waals surface area contributed by atoms with Gasteiger partial charge in [0.15, 0.2) is 0 Å². The second-order valence-electron chi connectivity index (χ2n) is 10.8. The Balaban J connectivity index is 1.22. The molecule has 3 amide bonds. The summed E-state index contributed by atoms with van der Waals surface area (Å²) in [7, 11) is 0. The van der Waals surface area contributed by atoms with Gasteiger partial charge in [-0.15, -0.1) is 0 Å². The molecule has 6 rings (SSSR count). The summed E-state index contributed by atoms with van der Waals surface area (Å²) >= 11 is 3.60. The van der Waals surface area contributed by atoms with Crippen molar-refractivity contribution in [2.45, 2.75) is 49.7 Å². The van der Waals surface area contributed by atoms with E-state index >= 15 is 0 Å². The largest absolute Gasteiger partial charge is 0.391 e. The Hall–Kier alpha value is -3.41. The molecule has 8 nitrogen and oxygen atoms in total. The van der Waals surface area contributed by atoms with Crippen LogP contribution in [0.25, 0.3) is 10.9 Å². The lowest BCUT2D eigenvalue weighted by Gasteiger charge is -2.39.